The number of anilines is 2. The van der Waals surface area contributed by atoms with Gasteiger partial charge in [0.15, 0.2) is 0 Å². The SMILES string of the molecule is Cc1cc(Cl)nc(NS(=O)(=O)Cc2ccccc2N)n1. The maximum absolute atomic E-state index is 12.1. The quantitative estimate of drug-likeness (QED) is 0.664. The highest BCUT2D eigenvalue weighted by molar-refractivity contribution is 7.91. The molecule has 1 heterocycles. The summed E-state index contributed by atoms with van der Waals surface area (Å²) in [6, 6.07) is 8.29. The van der Waals surface area contributed by atoms with Gasteiger partial charge in [0, 0.05) is 11.4 Å². The molecule has 3 N–H and O–H groups in total. The van der Waals surface area contributed by atoms with Crippen LogP contribution in [-0.2, 0) is 15.8 Å². The molecule has 0 aliphatic carbocycles. The summed E-state index contributed by atoms with van der Waals surface area (Å²) < 4.78 is 26.4. The molecule has 0 atom stereocenters. The number of rotatable bonds is 4. The molecule has 0 aliphatic rings. The fraction of sp³-hybridized carbons (Fsp3) is 0.167. The lowest BCUT2D eigenvalue weighted by molar-refractivity contribution is 0.600. The highest BCUT2D eigenvalue weighted by Gasteiger charge is 2.15. The largest absolute Gasteiger partial charge is 0.398 e. The third-order valence-electron chi connectivity index (χ3n) is 2.47. The molecule has 0 fully saturated rings. The van der Waals surface area contributed by atoms with Crippen LogP contribution in [-0.4, -0.2) is 18.4 Å². The smallest absolute Gasteiger partial charge is 0.239 e. The van der Waals surface area contributed by atoms with Crippen molar-refractivity contribution in [3.63, 3.8) is 0 Å². The van der Waals surface area contributed by atoms with Gasteiger partial charge in [-0.15, -0.1) is 0 Å². The Morgan fingerprint density at radius 2 is 2.00 bits per heavy atom. The Kier molecular flexibility index (Phi) is 4.10. The summed E-state index contributed by atoms with van der Waals surface area (Å²) >= 11 is 5.76. The van der Waals surface area contributed by atoms with Crippen LogP contribution in [0.1, 0.15) is 11.3 Å². The Balaban J connectivity index is 2.21. The van der Waals surface area contributed by atoms with Crippen LogP contribution in [0.4, 0.5) is 11.6 Å². The highest BCUT2D eigenvalue weighted by Crippen LogP contribution is 2.16. The van der Waals surface area contributed by atoms with E-state index in [2.05, 4.69) is 14.7 Å². The molecule has 0 unspecified atom stereocenters. The lowest BCUT2D eigenvalue weighted by Gasteiger charge is -2.09. The molecule has 0 radical (unpaired) electrons. The molecule has 2 rings (SSSR count). The molecule has 1 aromatic carbocycles. The molecular formula is C12H13ClN4O2S. The van der Waals surface area contributed by atoms with E-state index in [9.17, 15) is 8.42 Å². The predicted molar refractivity (Wildman–Crippen MR) is 78.9 cm³/mol. The summed E-state index contributed by atoms with van der Waals surface area (Å²) in [4.78, 5) is 7.78. The zero-order chi connectivity index (χ0) is 14.8. The number of nitrogens with zero attached hydrogens (tertiary/aromatic N) is 2. The Labute approximate surface area is 122 Å². The molecule has 0 aliphatic heterocycles. The summed E-state index contributed by atoms with van der Waals surface area (Å²) in [6.45, 7) is 1.69. The molecule has 8 heteroatoms. The topological polar surface area (TPSA) is 98.0 Å². The monoisotopic (exact) mass is 312 g/mol. The molecule has 106 valence electrons. The minimum absolute atomic E-state index is 0.0514. The Hall–Kier alpha value is -1.86. The molecule has 0 bridgehead atoms. The number of halogens is 1. The molecular weight excluding hydrogens is 300 g/mol. The molecule has 0 saturated heterocycles. The molecule has 0 amide bonds. The summed E-state index contributed by atoms with van der Waals surface area (Å²) in [5, 5.41) is 0.175. The second kappa shape index (κ2) is 5.64. The maximum Gasteiger partial charge on any atom is 0.239 e. The van der Waals surface area contributed by atoms with Gasteiger partial charge in [0.05, 0.1) is 5.75 Å². The number of nitrogens with one attached hydrogen (secondary N) is 1. The van der Waals surface area contributed by atoms with Crippen LogP contribution in [0, 0.1) is 6.92 Å². The predicted octanol–water partition coefficient (Wildman–Crippen LogP) is 1.96. The number of aryl methyl sites for hydroxylation is 1. The Morgan fingerprint density at radius 3 is 2.65 bits per heavy atom. The Bertz CT molecular complexity index is 714. The lowest BCUT2D eigenvalue weighted by Crippen LogP contribution is -2.18. The van der Waals surface area contributed by atoms with Crippen molar-refractivity contribution < 1.29 is 8.42 Å². The van der Waals surface area contributed by atoms with Gasteiger partial charge in [0.1, 0.15) is 5.15 Å². The van der Waals surface area contributed by atoms with Crippen LogP contribution in [0.3, 0.4) is 0 Å². The van der Waals surface area contributed by atoms with E-state index in [-0.39, 0.29) is 16.9 Å². The first-order chi connectivity index (χ1) is 9.35. The number of aromatic nitrogens is 2. The van der Waals surface area contributed by atoms with Crippen molar-refractivity contribution in [2.45, 2.75) is 12.7 Å². The second-order valence-corrected chi connectivity index (χ2v) is 6.33. The summed E-state index contributed by atoms with van der Waals surface area (Å²) in [7, 11) is -3.66. The first-order valence-electron chi connectivity index (χ1n) is 5.71. The number of para-hydroxylation sites is 1. The fourth-order valence-electron chi connectivity index (χ4n) is 1.62. The minimum Gasteiger partial charge on any atom is -0.398 e. The summed E-state index contributed by atoms with van der Waals surface area (Å²) in [5.74, 6) is -0.307. The van der Waals surface area contributed by atoms with Gasteiger partial charge in [-0.05, 0) is 24.6 Å². The van der Waals surface area contributed by atoms with E-state index in [0.717, 1.165) is 0 Å². The van der Waals surface area contributed by atoms with Gasteiger partial charge in [-0.25, -0.2) is 18.4 Å². The van der Waals surface area contributed by atoms with Gasteiger partial charge < -0.3 is 5.73 Å². The minimum atomic E-state index is -3.66. The molecule has 0 spiro atoms. The molecule has 2 aromatic rings. The number of hydrogen-bond acceptors (Lipinski definition) is 5. The van der Waals surface area contributed by atoms with E-state index in [1.807, 2.05) is 0 Å². The first-order valence-corrected chi connectivity index (χ1v) is 7.74. The van der Waals surface area contributed by atoms with Crippen molar-refractivity contribution in [3.8, 4) is 0 Å². The molecule has 6 nitrogen and oxygen atoms in total. The van der Waals surface area contributed by atoms with E-state index in [1.165, 1.54) is 6.07 Å². The number of nitrogen functional groups attached to an aromatic ring is 1. The molecule has 1 aromatic heterocycles. The van der Waals surface area contributed by atoms with Crippen LogP contribution in [0.15, 0.2) is 30.3 Å². The summed E-state index contributed by atoms with van der Waals surface area (Å²) in [5.41, 5.74) is 7.23. The van der Waals surface area contributed by atoms with Crippen molar-refractivity contribution in [2.75, 3.05) is 10.5 Å². The lowest BCUT2D eigenvalue weighted by atomic mass is 10.2. The standard InChI is InChI=1S/C12H13ClN4O2S/c1-8-6-11(13)16-12(15-8)17-20(18,19)7-9-4-2-3-5-10(9)14/h2-6H,7,14H2,1H3,(H,15,16,17). The van der Waals surface area contributed by atoms with Crippen LogP contribution in [0.5, 0.6) is 0 Å². The zero-order valence-electron chi connectivity index (χ0n) is 10.7. The second-order valence-electron chi connectivity index (χ2n) is 4.22. The van der Waals surface area contributed by atoms with Crippen molar-refractivity contribution >= 4 is 33.3 Å². The van der Waals surface area contributed by atoms with E-state index in [1.54, 1.807) is 31.2 Å². The highest BCUT2D eigenvalue weighted by atomic mass is 35.5. The van der Waals surface area contributed by atoms with Crippen molar-refractivity contribution in [3.05, 3.63) is 46.7 Å². The van der Waals surface area contributed by atoms with Crippen molar-refractivity contribution in [1.29, 1.82) is 0 Å². The van der Waals surface area contributed by atoms with E-state index >= 15 is 0 Å². The van der Waals surface area contributed by atoms with E-state index in [0.29, 0.717) is 16.9 Å². The zero-order valence-corrected chi connectivity index (χ0v) is 12.2. The van der Waals surface area contributed by atoms with Gasteiger partial charge >= 0.3 is 0 Å². The number of hydrogen-bond donors (Lipinski definition) is 2. The number of sulfonamides is 1. The average molecular weight is 313 g/mol. The van der Waals surface area contributed by atoms with Gasteiger partial charge in [-0.2, -0.15) is 0 Å². The maximum atomic E-state index is 12.1. The fourth-order valence-corrected chi connectivity index (χ4v) is 2.97. The van der Waals surface area contributed by atoms with Gasteiger partial charge in [-0.3, -0.25) is 4.72 Å². The summed E-state index contributed by atoms with van der Waals surface area (Å²) in [6.07, 6.45) is 0. The first kappa shape index (κ1) is 14.5. The van der Waals surface area contributed by atoms with Crippen LogP contribution < -0.4 is 10.5 Å². The Morgan fingerprint density at radius 1 is 1.30 bits per heavy atom. The van der Waals surface area contributed by atoms with Crippen LogP contribution >= 0.6 is 11.6 Å². The van der Waals surface area contributed by atoms with Crippen molar-refractivity contribution in [2.24, 2.45) is 0 Å². The molecule has 20 heavy (non-hydrogen) atoms. The molecule has 0 saturated carbocycles. The van der Waals surface area contributed by atoms with Crippen molar-refractivity contribution in [1.82, 2.24) is 9.97 Å². The van der Waals surface area contributed by atoms with Crippen LogP contribution in [0.2, 0.25) is 5.15 Å². The van der Waals surface area contributed by atoms with E-state index in [4.69, 9.17) is 17.3 Å². The number of nitrogens with two attached hydrogens (primary N) is 1. The van der Waals surface area contributed by atoms with Gasteiger partial charge in [0.25, 0.3) is 0 Å². The van der Waals surface area contributed by atoms with E-state index < -0.39 is 10.0 Å². The van der Waals surface area contributed by atoms with Gasteiger partial charge in [0.2, 0.25) is 16.0 Å². The third-order valence-corrected chi connectivity index (χ3v) is 3.85. The van der Waals surface area contributed by atoms with Crippen LogP contribution in [0.25, 0.3) is 0 Å². The average Bonchev–Trinajstić information content (AvgIpc) is 2.29. The number of benzene rings is 1. The normalized spacial score (nSPS) is 11.3. The van der Waals surface area contributed by atoms with Gasteiger partial charge in [-0.1, -0.05) is 29.8 Å². The third kappa shape index (κ3) is 3.82.